The molecule has 0 spiro atoms. The SMILES string of the molecule is Cc1ccc(-c2nnn(CC(=O)N(c3ccccc3C)[C@H](C(=O)NC(C)(C)C)c3ccc(F)cc3)n2)o1. The number of aromatic nitrogens is 4. The molecule has 0 aliphatic heterocycles. The fourth-order valence-electron chi connectivity index (χ4n) is 3.91. The maximum absolute atomic E-state index is 13.9. The largest absolute Gasteiger partial charge is 0.458 e. The topological polar surface area (TPSA) is 106 Å². The second-order valence-corrected chi connectivity index (χ2v) is 9.80. The maximum atomic E-state index is 13.9. The Kier molecular flexibility index (Phi) is 7.19. The number of hydrogen-bond donors (Lipinski definition) is 1. The van der Waals surface area contributed by atoms with Crippen molar-refractivity contribution in [1.82, 2.24) is 25.5 Å². The zero-order valence-electron chi connectivity index (χ0n) is 21.4. The van der Waals surface area contributed by atoms with Crippen molar-refractivity contribution in [2.75, 3.05) is 4.90 Å². The Morgan fingerprint density at radius 3 is 2.38 bits per heavy atom. The summed E-state index contributed by atoms with van der Waals surface area (Å²) in [4.78, 5) is 30.1. The highest BCUT2D eigenvalue weighted by atomic mass is 19.1. The van der Waals surface area contributed by atoms with Crippen molar-refractivity contribution in [2.45, 2.75) is 52.7 Å². The second-order valence-electron chi connectivity index (χ2n) is 9.80. The molecule has 37 heavy (non-hydrogen) atoms. The van der Waals surface area contributed by atoms with E-state index in [0.717, 1.165) is 10.4 Å². The molecule has 0 aliphatic carbocycles. The van der Waals surface area contributed by atoms with Crippen LogP contribution in [0.3, 0.4) is 0 Å². The fraction of sp³-hybridized carbons (Fsp3) is 0.296. The van der Waals surface area contributed by atoms with Gasteiger partial charge in [0.1, 0.15) is 24.2 Å². The molecule has 2 heterocycles. The summed E-state index contributed by atoms with van der Waals surface area (Å²) in [6, 6.07) is 15.2. The molecule has 0 saturated carbocycles. The first kappa shape index (κ1) is 25.7. The molecule has 0 saturated heterocycles. The summed E-state index contributed by atoms with van der Waals surface area (Å²) >= 11 is 0. The molecule has 10 heteroatoms. The predicted octanol–water partition coefficient (Wildman–Crippen LogP) is 4.38. The van der Waals surface area contributed by atoms with Crippen LogP contribution >= 0.6 is 0 Å². The first-order chi connectivity index (χ1) is 17.5. The van der Waals surface area contributed by atoms with Gasteiger partial charge in [-0.1, -0.05) is 30.3 Å². The van der Waals surface area contributed by atoms with Gasteiger partial charge in [-0.25, -0.2) is 4.39 Å². The predicted molar refractivity (Wildman–Crippen MR) is 136 cm³/mol. The van der Waals surface area contributed by atoms with E-state index in [1.807, 2.05) is 39.8 Å². The monoisotopic (exact) mass is 504 g/mol. The zero-order valence-corrected chi connectivity index (χ0v) is 21.4. The Bertz CT molecular complexity index is 1400. The number of carbonyl (C=O) groups is 2. The number of nitrogens with one attached hydrogen (secondary N) is 1. The number of nitrogens with zero attached hydrogens (tertiary/aromatic N) is 5. The third-order valence-electron chi connectivity index (χ3n) is 5.52. The molecule has 4 rings (SSSR count). The van der Waals surface area contributed by atoms with Crippen LogP contribution in [0.5, 0.6) is 0 Å². The molecule has 2 amide bonds. The van der Waals surface area contributed by atoms with Crippen LogP contribution in [-0.2, 0) is 16.1 Å². The van der Waals surface area contributed by atoms with Gasteiger partial charge in [0, 0.05) is 11.2 Å². The van der Waals surface area contributed by atoms with E-state index in [2.05, 4.69) is 20.7 Å². The summed E-state index contributed by atoms with van der Waals surface area (Å²) < 4.78 is 19.3. The minimum Gasteiger partial charge on any atom is -0.458 e. The van der Waals surface area contributed by atoms with Crippen LogP contribution in [0.15, 0.2) is 65.1 Å². The van der Waals surface area contributed by atoms with E-state index in [1.54, 1.807) is 31.2 Å². The van der Waals surface area contributed by atoms with Crippen LogP contribution in [0.25, 0.3) is 11.6 Å². The highest BCUT2D eigenvalue weighted by Gasteiger charge is 2.35. The molecule has 0 unspecified atom stereocenters. The summed E-state index contributed by atoms with van der Waals surface area (Å²) in [6.07, 6.45) is 0. The molecule has 1 atom stereocenters. The Morgan fingerprint density at radius 1 is 1.05 bits per heavy atom. The molecule has 0 bridgehead atoms. The lowest BCUT2D eigenvalue weighted by Crippen LogP contribution is -2.50. The Morgan fingerprint density at radius 2 is 1.76 bits per heavy atom. The quantitative estimate of drug-likeness (QED) is 0.400. The van der Waals surface area contributed by atoms with Crippen molar-refractivity contribution in [2.24, 2.45) is 0 Å². The zero-order chi connectivity index (χ0) is 26.7. The van der Waals surface area contributed by atoms with Crippen LogP contribution in [0.4, 0.5) is 10.1 Å². The van der Waals surface area contributed by atoms with Crippen molar-refractivity contribution in [3.8, 4) is 11.6 Å². The Balaban J connectivity index is 1.76. The van der Waals surface area contributed by atoms with Crippen LogP contribution in [-0.4, -0.2) is 37.6 Å². The highest BCUT2D eigenvalue weighted by molar-refractivity contribution is 6.01. The Hall–Kier alpha value is -4.34. The minimum atomic E-state index is -1.08. The van der Waals surface area contributed by atoms with Gasteiger partial charge in [-0.2, -0.15) is 4.80 Å². The number of benzene rings is 2. The molecule has 1 N–H and O–H groups in total. The lowest BCUT2D eigenvalue weighted by molar-refractivity contribution is -0.128. The summed E-state index contributed by atoms with van der Waals surface area (Å²) in [5, 5.41) is 15.2. The van der Waals surface area contributed by atoms with Crippen LogP contribution in [0.1, 0.15) is 43.7 Å². The van der Waals surface area contributed by atoms with Gasteiger partial charge in [0.15, 0.2) is 5.76 Å². The molecule has 0 fully saturated rings. The van der Waals surface area contributed by atoms with E-state index in [9.17, 15) is 14.0 Å². The van der Waals surface area contributed by atoms with Crippen molar-refractivity contribution >= 4 is 17.5 Å². The van der Waals surface area contributed by atoms with Gasteiger partial charge >= 0.3 is 0 Å². The van der Waals surface area contributed by atoms with Crippen molar-refractivity contribution in [3.63, 3.8) is 0 Å². The van der Waals surface area contributed by atoms with Gasteiger partial charge in [0.05, 0.1) is 0 Å². The van der Waals surface area contributed by atoms with Gasteiger partial charge in [0.2, 0.25) is 11.7 Å². The lowest BCUT2D eigenvalue weighted by Gasteiger charge is -2.34. The molecule has 192 valence electrons. The number of carbonyl (C=O) groups excluding carboxylic acids is 2. The molecule has 2 aromatic carbocycles. The average Bonchev–Trinajstić information content (AvgIpc) is 3.46. The summed E-state index contributed by atoms with van der Waals surface area (Å²) in [6.45, 7) is 8.92. The standard InChI is InChI=1S/C27H29FN6O3/c1-17-8-6-7-9-21(17)34(23(35)16-33-31-25(30-32-33)22-15-10-18(2)37-22)24(26(36)29-27(3,4)5)19-11-13-20(28)14-12-19/h6-15,24H,16H2,1-5H3,(H,29,36)/t24-/m0/s1. The highest BCUT2D eigenvalue weighted by Crippen LogP contribution is 2.31. The first-order valence-corrected chi connectivity index (χ1v) is 11.8. The summed E-state index contributed by atoms with van der Waals surface area (Å²) in [7, 11) is 0. The van der Waals surface area contributed by atoms with Crippen LogP contribution < -0.4 is 10.2 Å². The number of hydrogen-bond acceptors (Lipinski definition) is 6. The number of aryl methyl sites for hydroxylation is 2. The van der Waals surface area contributed by atoms with Crippen molar-refractivity contribution in [1.29, 1.82) is 0 Å². The molecule has 0 radical (unpaired) electrons. The van der Waals surface area contributed by atoms with Gasteiger partial charge in [-0.3, -0.25) is 14.5 Å². The van der Waals surface area contributed by atoms with E-state index >= 15 is 0 Å². The van der Waals surface area contributed by atoms with E-state index in [0.29, 0.717) is 22.8 Å². The third-order valence-corrected chi connectivity index (χ3v) is 5.52. The van der Waals surface area contributed by atoms with Crippen molar-refractivity contribution in [3.05, 3.63) is 83.4 Å². The molecule has 2 aromatic heterocycles. The third kappa shape index (κ3) is 6.08. The summed E-state index contributed by atoms with van der Waals surface area (Å²) in [5.41, 5.74) is 1.20. The van der Waals surface area contributed by atoms with Crippen LogP contribution in [0.2, 0.25) is 0 Å². The van der Waals surface area contributed by atoms with Gasteiger partial charge in [0.25, 0.3) is 5.91 Å². The van der Waals surface area contributed by atoms with Crippen LogP contribution in [0, 0.1) is 19.7 Å². The second kappa shape index (κ2) is 10.3. The van der Waals surface area contributed by atoms with Crippen molar-refractivity contribution < 1.29 is 18.4 Å². The lowest BCUT2D eigenvalue weighted by atomic mass is 10.00. The molecular formula is C27H29FN6O3. The normalized spacial score (nSPS) is 12.3. The Labute approximate surface area is 214 Å². The maximum Gasteiger partial charge on any atom is 0.251 e. The number of rotatable bonds is 7. The van der Waals surface area contributed by atoms with Gasteiger partial charge < -0.3 is 9.73 Å². The molecule has 0 aliphatic rings. The number of halogens is 1. The van der Waals surface area contributed by atoms with E-state index in [1.165, 1.54) is 29.2 Å². The number of tetrazole rings is 1. The molecular weight excluding hydrogens is 475 g/mol. The molecule has 4 aromatic rings. The number of para-hydroxylation sites is 1. The minimum absolute atomic E-state index is 0.240. The molecule has 9 nitrogen and oxygen atoms in total. The average molecular weight is 505 g/mol. The smallest absolute Gasteiger partial charge is 0.251 e. The van der Waals surface area contributed by atoms with Gasteiger partial charge in [-0.15, -0.1) is 10.2 Å². The number of amides is 2. The summed E-state index contributed by atoms with van der Waals surface area (Å²) in [5.74, 6) is 0.0611. The van der Waals surface area contributed by atoms with E-state index in [-0.39, 0.29) is 12.4 Å². The van der Waals surface area contributed by atoms with E-state index in [4.69, 9.17) is 4.42 Å². The first-order valence-electron chi connectivity index (χ1n) is 11.8. The van der Waals surface area contributed by atoms with Gasteiger partial charge in [-0.05, 0) is 81.3 Å². The van der Waals surface area contributed by atoms with E-state index < -0.39 is 29.2 Å². The number of anilines is 1. The fourth-order valence-corrected chi connectivity index (χ4v) is 3.91. The number of furan rings is 1.